The van der Waals surface area contributed by atoms with Crippen LogP contribution in [0.5, 0.6) is 5.75 Å². The first-order valence-electron chi connectivity index (χ1n) is 9.53. The van der Waals surface area contributed by atoms with Crippen LogP contribution in [0.3, 0.4) is 0 Å². The van der Waals surface area contributed by atoms with Crippen LogP contribution in [-0.4, -0.2) is 10.9 Å². The zero-order chi connectivity index (χ0) is 21.6. The first kappa shape index (κ1) is 20.7. The number of benzene rings is 3. The maximum Gasteiger partial charge on any atom is 0.271 e. The van der Waals surface area contributed by atoms with Gasteiger partial charge in [0.25, 0.3) is 5.91 Å². The van der Waals surface area contributed by atoms with E-state index >= 15 is 0 Å². The van der Waals surface area contributed by atoms with Gasteiger partial charge in [0.2, 0.25) is 0 Å². The quantitative estimate of drug-likeness (QED) is 0.410. The molecule has 0 radical (unpaired) electrons. The van der Waals surface area contributed by atoms with Crippen molar-refractivity contribution in [3.05, 3.63) is 107 Å². The highest BCUT2D eigenvalue weighted by atomic mass is 32.1. The van der Waals surface area contributed by atoms with Gasteiger partial charge in [0.1, 0.15) is 34.7 Å². The Hall–Kier alpha value is -3.58. The van der Waals surface area contributed by atoms with Gasteiger partial charge < -0.3 is 10.1 Å². The third-order valence-corrected chi connectivity index (χ3v) is 5.43. The number of rotatable bonds is 7. The smallest absolute Gasteiger partial charge is 0.271 e. The van der Waals surface area contributed by atoms with Gasteiger partial charge in [-0.05, 0) is 48.0 Å². The summed E-state index contributed by atoms with van der Waals surface area (Å²) in [6, 6.07) is 20.0. The lowest BCUT2D eigenvalue weighted by Gasteiger charge is -2.08. The van der Waals surface area contributed by atoms with Crippen LogP contribution in [0.4, 0.5) is 8.78 Å². The standard InChI is InChI=1S/C24H18F2N2O2S/c25-19-8-11-21(26)18(12-19)14-30-20-9-6-17(7-10-20)24-28-22(15-31-24)23(29)27-13-16-4-2-1-3-5-16/h1-12,15H,13-14H2,(H,27,29). The minimum absolute atomic E-state index is 0.0775. The summed E-state index contributed by atoms with van der Waals surface area (Å²) in [5, 5.41) is 5.27. The molecule has 0 saturated heterocycles. The van der Waals surface area contributed by atoms with Crippen molar-refractivity contribution in [2.45, 2.75) is 13.2 Å². The van der Waals surface area contributed by atoms with Crippen LogP contribution in [0.15, 0.2) is 78.2 Å². The van der Waals surface area contributed by atoms with E-state index in [1.807, 2.05) is 42.5 Å². The Balaban J connectivity index is 1.36. The molecule has 0 bridgehead atoms. The molecule has 4 rings (SSSR count). The monoisotopic (exact) mass is 436 g/mol. The molecule has 1 N–H and O–H groups in total. The number of halogens is 2. The second-order valence-corrected chi connectivity index (χ2v) is 7.61. The van der Waals surface area contributed by atoms with E-state index in [0.29, 0.717) is 23.0 Å². The van der Waals surface area contributed by atoms with Crippen LogP contribution in [-0.2, 0) is 13.2 Å². The lowest BCUT2D eigenvalue weighted by Crippen LogP contribution is -2.23. The molecular weight excluding hydrogens is 418 g/mol. The summed E-state index contributed by atoms with van der Waals surface area (Å²) in [4.78, 5) is 16.8. The molecule has 0 aliphatic carbocycles. The van der Waals surface area contributed by atoms with Crippen molar-refractivity contribution in [1.82, 2.24) is 10.3 Å². The maximum absolute atomic E-state index is 13.7. The van der Waals surface area contributed by atoms with Crippen molar-refractivity contribution in [3.63, 3.8) is 0 Å². The average Bonchev–Trinajstić information content (AvgIpc) is 3.29. The van der Waals surface area contributed by atoms with Gasteiger partial charge in [0, 0.05) is 23.1 Å². The number of carbonyl (C=O) groups is 1. The summed E-state index contributed by atoms with van der Waals surface area (Å²) in [7, 11) is 0. The number of ether oxygens (including phenoxy) is 1. The highest BCUT2D eigenvalue weighted by molar-refractivity contribution is 7.13. The van der Waals surface area contributed by atoms with E-state index in [1.165, 1.54) is 11.3 Å². The molecule has 7 heteroatoms. The van der Waals surface area contributed by atoms with Crippen molar-refractivity contribution < 1.29 is 18.3 Å². The van der Waals surface area contributed by atoms with E-state index in [2.05, 4.69) is 10.3 Å². The Labute approximate surface area is 182 Å². The molecule has 0 fully saturated rings. The lowest BCUT2D eigenvalue weighted by atomic mass is 10.2. The van der Waals surface area contributed by atoms with Crippen LogP contribution < -0.4 is 10.1 Å². The van der Waals surface area contributed by atoms with E-state index in [0.717, 1.165) is 29.3 Å². The van der Waals surface area contributed by atoms with Crippen molar-refractivity contribution in [3.8, 4) is 16.3 Å². The molecular formula is C24H18F2N2O2S. The van der Waals surface area contributed by atoms with Crippen molar-refractivity contribution in [2.24, 2.45) is 0 Å². The first-order chi connectivity index (χ1) is 15.1. The predicted molar refractivity (Wildman–Crippen MR) is 116 cm³/mol. The molecule has 0 aliphatic heterocycles. The molecule has 1 aromatic heterocycles. The van der Waals surface area contributed by atoms with Crippen LogP contribution in [0, 0.1) is 11.6 Å². The van der Waals surface area contributed by atoms with Gasteiger partial charge in [0.15, 0.2) is 0 Å². The lowest BCUT2D eigenvalue weighted by molar-refractivity contribution is 0.0946. The zero-order valence-corrected chi connectivity index (χ0v) is 17.2. The summed E-state index contributed by atoms with van der Waals surface area (Å²) in [5.41, 5.74) is 2.35. The second kappa shape index (κ2) is 9.49. The topological polar surface area (TPSA) is 51.2 Å². The summed E-state index contributed by atoms with van der Waals surface area (Å²) < 4.78 is 32.5. The molecule has 1 amide bonds. The van der Waals surface area contributed by atoms with Gasteiger partial charge in [-0.25, -0.2) is 13.8 Å². The first-order valence-corrected chi connectivity index (χ1v) is 10.4. The van der Waals surface area contributed by atoms with Crippen LogP contribution in [0.25, 0.3) is 10.6 Å². The molecule has 31 heavy (non-hydrogen) atoms. The number of aromatic nitrogens is 1. The van der Waals surface area contributed by atoms with E-state index in [9.17, 15) is 13.6 Å². The molecule has 4 aromatic rings. The van der Waals surface area contributed by atoms with Crippen molar-refractivity contribution >= 4 is 17.2 Å². The predicted octanol–water partition coefficient (Wildman–Crippen LogP) is 5.60. The van der Waals surface area contributed by atoms with E-state index in [-0.39, 0.29) is 18.1 Å². The molecule has 0 atom stereocenters. The third kappa shape index (κ3) is 5.32. The van der Waals surface area contributed by atoms with Gasteiger partial charge in [0.05, 0.1) is 0 Å². The van der Waals surface area contributed by atoms with Crippen LogP contribution in [0.2, 0.25) is 0 Å². The number of nitrogens with zero attached hydrogens (tertiary/aromatic N) is 1. The van der Waals surface area contributed by atoms with Gasteiger partial charge in [-0.3, -0.25) is 4.79 Å². The summed E-state index contributed by atoms with van der Waals surface area (Å²) in [6.45, 7) is 0.358. The SMILES string of the molecule is O=C(NCc1ccccc1)c1csc(-c2ccc(OCc3cc(F)ccc3F)cc2)n1. The average molecular weight is 436 g/mol. The van der Waals surface area contributed by atoms with Gasteiger partial charge in [-0.2, -0.15) is 0 Å². The molecule has 0 spiro atoms. The Morgan fingerprint density at radius 3 is 2.55 bits per heavy atom. The maximum atomic E-state index is 13.7. The highest BCUT2D eigenvalue weighted by Gasteiger charge is 2.12. The van der Waals surface area contributed by atoms with E-state index < -0.39 is 11.6 Å². The Morgan fingerprint density at radius 2 is 1.77 bits per heavy atom. The molecule has 1 heterocycles. The largest absolute Gasteiger partial charge is 0.489 e. The van der Waals surface area contributed by atoms with Crippen molar-refractivity contribution in [2.75, 3.05) is 0 Å². The number of amides is 1. The zero-order valence-electron chi connectivity index (χ0n) is 16.3. The van der Waals surface area contributed by atoms with Crippen LogP contribution in [0.1, 0.15) is 21.6 Å². The molecule has 4 nitrogen and oxygen atoms in total. The molecule has 0 unspecified atom stereocenters. The van der Waals surface area contributed by atoms with Crippen molar-refractivity contribution in [1.29, 1.82) is 0 Å². The summed E-state index contributed by atoms with van der Waals surface area (Å²) in [5.74, 6) is -0.741. The number of nitrogens with one attached hydrogen (secondary N) is 1. The Kier molecular flexibility index (Phi) is 6.33. The number of carbonyl (C=O) groups excluding carboxylic acids is 1. The molecule has 3 aromatic carbocycles. The summed E-state index contributed by atoms with van der Waals surface area (Å²) >= 11 is 1.37. The highest BCUT2D eigenvalue weighted by Crippen LogP contribution is 2.26. The third-order valence-electron chi connectivity index (χ3n) is 4.54. The van der Waals surface area contributed by atoms with E-state index in [4.69, 9.17) is 4.74 Å². The minimum Gasteiger partial charge on any atom is -0.489 e. The Morgan fingerprint density at radius 1 is 1.00 bits per heavy atom. The van der Waals surface area contributed by atoms with Crippen LogP contribution >= 0.6 is 11.3 Å². The number of hydrogen-bond acceptors (Lipinski definition) is 4. The van der Waals surface area contributed by atoms with E-state index in [1.54, 1.807) is 17.5 Å². The molecule has 156 valence electrons. The second-order valence-electron chi connectivity index (χ2n) is 6.75. The molecule has 0 aliphatic rings. The van der Waals surface area contributed by atoms with Gasteiger partial charge >= 0.3 is 0 Å². The Bertz CT molecular complexity index is 1180. The fourth-order valence-electron chi connectivity index (χ4n) is 2.89. The fourth-order valence-corrected chi connectivity index (χ4v) is 3.69. The number of hydrogen-bond donors (Lipinski definition) is 1. The van der Waals surface area contributed by atoms with Gasteiger partial charge in [-0.1, -0.05) is 30.3 Å². The fraction of sp³-hybridized carbons (Fsp3) is 0.0833. The molecule has 0 saturated carbocycles. The van der Waals surface area contributed by atoms with Gasteiger partial charge in [-0.15, -0.1) is 11.3 Å². The normalized spacial score (nSPS) is 10.6. The number of thiazole rings is 1. The summed E-state index contributed by atoms with van der Waals surface area (Å²) in [6.07, 6.45) is 0. The minimum atomic E-state index is -0.515.